The number of nitrogens with one attached hydrogen (secondary N) is 1. The number of methoxy groups -OCH3 is 1. The van der Waals surface area contributed by atoms with Gasteiger partial charge in [-0.1, -0.05) is 13.8 Å². The lowest BCUT2D eigenvalue weighted by Crippen LogP contribution is -2.33. The first kappa shape index (κ1) is 23.0. The SMILES string of the molecule is CCC(CC)(COC)COC(=O)Nc1nc(=O)n(C2CC(O)C(C)O2)cc1I. The first-order valence-electron chi connectivity index (χ1n) is 9.30. The first-order valence-corrected chi connectivity index (χ1v) is 10.4. The average molecular weight is 509 g/mol. The van der Waals surface area contributed by atoms with E-state index in [1.54, 1.807) is 20.2 Å². The number of aromatic nitrogens is 2. The number of carbonyl (C=O) groups is 1. The molecule has 1 amide bonds. The monoisotopic (exact) mass is 509 g/mol. The Hall–Kier alpha value is -1.24. The van der Waals surface area contributed by atoms with Crippen molar-refractivity contribution in [2.24, 2.45) is 5.41 Å². The number of hydrogen-bond acceptors (Lipinski definition) is 7. The Morgan fingerprint density at radius 1 is 1.46 bits per heavy atom. The maximum absolute atomic E-state index is 12.3. The van der Waals surface area contributed by atoms with Gasteiger partial charge in [0, 0.05) is 25.1 Å². The van der Waals surface area contributed by atoms with E-state index in [2.05, 4.69) is 10.3 Å². The molecule has 1 aliphatic rings. The molecule has 9 nitrogen and oxygen atoms in total. The second kappa shape index (κ2) is 9.99. The molecule has 1 saturated heterocycles. The van der Waals surface area contributed by atoms with Crippen LogP contribution in [0.5, 0.6) is 0 Å². The fourth-order valence-corrected chi connectivity index (χ4v) is 3.62. The van der Waals surface area contributed by atoms with Crippen LogP contribution in [-0.2, 0) is 14.2 Å². The van der Waals surface area contributed by atoms with Crippen molar-refractivity contribution in [1.82, 2.24) is 9.55 Å². The van der Waals surface area contributed by atoms with Gasteiger partial charge < -0.3 is 19.3 Å². The van der Waals surface area contributed by atoms with Gasteiger partial charge in [-0.2, -0.15) is 4.98 Å². The Morgan fingerprint density at radius 3 is 2.68 bits per heavy atom. The lowest BCUT2D eigenvalue weighted by atomic mass is 9.84. The van der Waals surface area contributed by atoms with Gasteiger partial charge in [0.25, 0.3) is 0 Å². The van der Waals surface area contributed by atoms with Crippen molar-refractivity contribution < 1.29 is 24.1 Å². The number of aliphatic hydroxyl groups excluding tert-OH is 1. The van der Waals surface area contributed by atoms with Crippen LogP contribution in [0, 0.1) is 8.99 Å². The van der Waals surface area contributed by atoms with E-state index in [0.717, 1.165) is 12.8 Å². The van der Waals surface area contributed by atoms with Gasteiger partial charge in [-0.25, -0.2) is 9.59 Å². The molecular formula is C18H28IN3O6. The third-order valence-electron chi connectivity index (χ3n) is 5.25. The Kier molecular flexibility index (Phi) is 8.22. The Morgan fingerprint density at radius 2 is 2.14 bits per heavy atom. The zero-order chi connectivity index (χ0) is 20.9. The molecule has 1 aromatic rings. The normalized spacial score (nSPS) is 22.3. The van der Waals surface area contributed by atoms with Crippen molar-refractivity contribution in [2.75, 3.05) is 25.6 Å². The van der Waals surface area contributed by atoms with E-state index in [1.165, 1.54) is 4.57 Å². The summed E-state index contributed by atoms with van der Waals surface area (Å²) >= 11 is 1.98. The molecule has 28 heavy (non-hydrogen) atoms. The van der Waals surface area contributed by atoms with Crippen molar-refractivity contribution >= 4 is 34.5 Å². The molecule has 1 aromatic heterocycles. The smallest absolute Gasteiger partial charge is 0.412 e. The van der Waals surface area contributed by atoms with Crippen LogP contribution in [0.15, 0.2) is 11.0 Å². The summed E-state index contributed by atoms with van der Waals surface area (Å²) in [6.45, 7) is 6.49. The number of aliphatic hydroxyl groups is 1. The number of nitrogens with zero attached hydrogens (tertiary/aromatic N) is 2. The lowest BCUT2D eigenvalue weighted by Gasteiger charge is -2.30. The molecule has 0 bridgehead atoms. The number of ether oxygens (including phenoxy) is 3. The van der Waals surface area contributed by atoms with Crippen molar-refractivity contribution in [3.63, 3.8) is 0 Å². The second-order valence-electron chi connectivity index (χ2n) is 7.07. The number of anilines is 1. The van der Waals surface area contributed by atoms with Crippen molar-refractivity contribution in [3.8, 4) is 0 Å². The third kappa shape index (κ3) is 5.43. The summed E-state index contributed by atoms with van der Waals surface area (Å²) in [5.74, 6) is 0.129. The molecule has 1 aliphatic heterocycles. The Balaban J connectivity index is 2.05. The van der Waals surface area contributed by atoms with Crippen molar-refractivity contribution in [3.05, 3.63) is 20.3 Å². The highest BCUT2D eigenvalue weighted by molar-refractivity contribution is 14.1. The molecule has 0 aliphatic carbocycles. The number of amides is 1. The van der Waals surface area contributed by atoms with Crippen LogP contribution in [0.2, 0.25) is 0 Å². The molecule has 158 valence electrons. The largest absolute Gasteiger partial charge is 0.449 e. The fraction of sp³-hybridized carbons (Fsp3) is 0.722. The van der Waals surface area contributed by atoms with Gasteiger partial charge in [0.15, 0.2) is 5.82 Å². The summed E-state index contributed by atoms with van der Waals surface area (Å²) in [6.07, 6.45) is 1.23. The summed E-state index contributed by atoms with van der Waals surface area (Å²) in [4.78, 5) is 28.5. The molecular weight excluding hydrogens is 481 g/mol. The lowest BCUT2D eigenvalue weighted by molar-refractivity contribution is -0.0101. The minimum absolute atomic E-state index is 0.129. The summed E-state index contributed by atoms with van der Waals surface area (Å²) in [5.41, 5.74) is -0.814. The standard InChI is InChI=1S/C18H28IN3O6/c1-5-18(6-2,9-26-4)10-27-17(25)21-15-12(19)8-22(16(24)20-15)14-7-13(23)11(3)28-14/h8,11,13-14,23H,5-7,9-10H2,1-4H3,(H,20,21,24,25). The molecule has 0 radical (unpaired) electrons. The molecule has 0 saturated carbocycles. The van der Waals surface area contributed by atoms with Crippen LogP contribution in [0.3, 0.4) is 0 Å². The number of rotatable bonds is 8. The molecule has 2 rings (SSSR count). The first-order chi connectivity index (χ1) is 13.2. The van der Waals surface area contributed by atoms with E-state index in [9.17, 15) is 14.7 Å². The van der Waals surface area contributed by atoms with Crippen molar-refractivity contribution in [2.45, 2.75) is 58.5 Å². The van der Waals surface area contributed by atoms with Crippen LogP contribution < -0.4 is 11.0 Å². The van der Waals surface area contributed by atoms with Crippen LogP contribution in [-0.4, -0.2) is 53.3 Å². The summed E-state index contributed by atoms with van der Waals surface area (Å²) in [5, 5.41) is 12.3. The fourth-order valence-electron chi connectivity index (χ4n) is 3.07. The Bertz CT molecular complexity index is 727. The van der Waals surface area contributed by atoms with E-state index in [0.29, 0.717) is 16.6 Å². The summed E-state index contributed by atoms with van der Waals surface area (Å²) < 4.78 is 18.1. The molecule has 10 heteroatoms. The maximum Gasteiger partial charge on any atom is 0.412 e. The van der Waals surface area contributed by atoms with Gasteiger partial charge >= 0.3 is 11.8 Å². The van der Waals surface area contributed by atoms with Gasteiger partial charge in [0.2, 0.25) is 0 Å². The molecule has 2 N–H and O–H groups in total. The molecule has 0 spiro atoms. The minimum Gasteiger partial charge on any atom is -0.449 e. The number of carbonyl (C=O) groups excluding carboxylic acids is 1. The van der Waals surface area contributed by atoms with Crippen LogP contribution in [0.4, 0.5) is 10.6 Å². The highest BCUT2D eigenvalue weighted by atomic mass is 127. The van der Waals surface area contributed by atoms with E-state index < -0.39 is 24.1 Å². The van der Waals surface area contributed by atoms with Gasteiger partial charge in [0.05, 0.1) is 22.4 Å². The van der Waals surface area contributed by atoms with Gasteiger partial charge in [0.1, 0.15) is 12.8 Å². The van der Waals surface area contributed by atoms with E-state index in [4.69, 9.17) is 14.2 Å². The third-order valence-corrected chi connectivity index (χ3v) is 6.04. The second-order valence-corrected chi connectivity index (χ2v) is 8.23. The van der Waals surface area contributed by atoms with Crippen LogP contribution in [0.25, 0.3) is 0 Å². The summed E-state index contributed by atoms with van der Waals surface area (Å²) in [6, 6.07) is 0. The number of hydrogen-bond donors (Lipinski definition) is 2. The molecule has 3 unspecified atom stereocenters. The zero-order valence-electron chi connectivity index (χ0n) is 16.6. The molecule has 2 heterocycles. The van der Waals surface area contributed by atoms with Crippen molar-refractivity contribution in [1.29, 1.82) is 0 Å². The Labute approximate surface area is 177 Å². The van der Waals surface area contributed by atoms with Gasteiger partial charge in [-0.15, -0.1) is 0 Å². The summed E-state index contributed by atoms with van der Waals surface area (Å²) in [7, 11) is 1.62. The maximum atomic E-state index is 12.3. The zero-order valence-corrected chi connectivity index (χ0v) is 18.8. The molecule has 3 atom stereocenters. The minimum atomic E-state index is -0.675. The topological polar surface area (TPSA) is 112 Å². The molecule has 1 fully saturated rings. The van der Waals surface area contributed by atoms with Crippen LogP contribution in [0.1, 0.15) is 46.3 Å². The predicted molar refractivity (Wildman–Crippen MR) is 111 cm³/mol. The van der Waals surface area contributed by atoms with Gasteiger partial charge in [-0.3, -0.25) is 9.88 Å². The van der Waals surface area contributed by atoms with E-state index >= 15 is 0 Å². The highest BCUT2D eigenvalue weighted by Gasteiger charge is 2.33. The predicted octanol–water partition coefficient (Wildman–Crippen LogP) is 2.52. The number of halogens is 1. The van der Waals surface area contributed by atoms with Crippen LogP contribution >= 0.6 is 22.6 Å². The van der Waals surface area contributed by atoms with E-state index in [-0.39, 0.29) is 23.9 Å². The van der Waals surface area contributed by atoms with Gasteiger partial charge in [-0.05, 0) is 42.4 Å². The average Bonchev–Trinajstić information content (AvgIpc) is 3.00. The van der Waals surface area contributed by atoms with E-state index in [1.807, 2.05) is 36.4 Å². The highest BCUT2D eigenvalue weighted by Crippen LogP contribution is 2.29. The molecule has 0 aromatic carbocycles. The quantitative estimate of drug-likeness (QED) is 0.518.